The number of carboxylic acid groups (broad SMARTS) is 1. The van der Waals surface area contributed by atoms with Crippen LogP contribution in [0.2, 0.25) is 0 Å². The van der Waals surface area contributed by atoms with Gasteiger partial charge in [-0.2, -0.15) is 0 Å². The highest BCUT2D eigenvalue weighted by Gasteiger charge is 2.12. The van der Waals surface area contributed by atoms with E-state index in [4.69, 9.17) is 9.84 Å². The molecule has 0 spiro atoms. The van der Waals surface area contributed by atoms with Crippen LogP contribution in [-0.4, -0.2) is 33.4 Å². The van der Waals surface area contributed by atoms with E-state index in [9.17, 15) is 4.79 Å². The fraction of sp³-hybridized carbons (Fsp3) is 0.357. The normalized spacial score (nSPS) is 10.9. The van der Waals surface area contributed by atoms with E-state index in [1.807, 2.05) is 32.0 Å². The Kier molecular flexibility index (Phi) is 4.92. The van der Waals surface area contributed by atoms with E-state index in [2.05, 4.69) is 9.97 Å². The molecule has 6 heteroatoms. The number of hydrogen-bond acceptors (Lipinski definition) is 5. The fourth-order valence-corrected chi connectivity index (χ4v) is 2.69. The van der Waals surface area contributed by atoms with Crippen LogP contribution in [0.1, 0.15) is 18.3 Å². The molecule has 5 nitrogen and oxygen atoms in total. The van der Waals surface area contributed by atoms with Crippen LogP contribution in [0.3, 0.4) is 0 Å². The second kappa shape index (κ2) is 6.67. The van der Waals surface area contributed by atoms with Gasteiger partial charge >= 0.3 is 5.97 Å². The molecule has 0 fully saturated rings. The average Bonchev–Trinajstić information content (AvgIpc) is 2.42. The lowest BCUT2D eigenvalue weighted by molar-refractivity contribution is -0.133. The predicted molar refractivity (Wildman–Crippen MR) is 78.0 cm³/mol. The molecule has 1 aromatic carbocycles. The van der Waals surface area contributed by atoms with Crippen molar-refractivity contribution < 1.29 is 14.6 Å². The van der Waals surface area contributed by atoms with Gasteiger partial charge in [-0.3, -0.25) is 4.79 Å². The number of carbonyl (C=O) groups is 1. The van der Waals surface area contributed by atoms with E-state index in [1.54, 1.807) is 0 Å². The Hall–Kier alpha value is -1.66. The third-order valence-corrected chi connectivity index (χ3v) is 3.67. The summed E-state index contributed by atoms with van der Waals surface area (Å²) >= 11 is 1.21. The third kappa shape index (κ3) is 3.46. The van der Waals surface area contributed by atoms with E-state index < -0.39 is 5.97 Å². The molecule has 1 aromatic heterocycles. The molecule has 0 aliphatic heterocycles. The molecule has 0 bridgehead atoms. The standard InChI is InChI=1S/C14H16N2O3S/c1-3-19-7-11-15-10-6-4-5-9(2)13(10)14(16-11)20-8-12(17)18/h4-6H,3,7-8H2,1-2H3,(H,17,18). The van der Waals surface area contributed by atoms with Crippen LogP contribution in [0, 0.1) is 6.92 Å². The van der Waals surface area contributed by atoms with Crippen LogP contribution < -0.4 is 0 Å². The number of ether oxygens (including phenoxy) is 1. The van der Waals surface area contributed by atoms with Crippen LogP contribution in [0.4, 0.5) is 0 Å². The molecule has 0 radical (unpaired) electrons. The highest BCUT2D eigenvalue weighted by atomic mass is 32.2. The summed E-state index contributed by atoms with van der Waals surface area (Å²) in [5, 5.41) is 10.5. The number of nitrogens with zero attached hydrogens (tertiary/aromatic N) is 2. The summed E-state index contributed by atoms with van der Waals surface area (Å²) in [4.78, 5) is 19.7. The number of aliphatic carboxylic acids is 1. The zero-order valence-electron chi connectivity index (χ0n) is 11.4. The minimum Gasteiger partial charge on any atom is -0.481 e. The van der Waals surface area contributed by atoms with E-state index in [0.717, 1.165) is 16.5 Å². The molecule has 106 valence electrons. The highest BCUT2D eigenvalue weighted by molar-refractivity contribution is 8.00. The van der Waals surface area contributed by atoms with Crippen molar-refractivity contribution in [3.05, 3.63) is 29.6 Å². The maximum absolute atomic E-state index is 10.8. The number of aryl methyl sites for hydroxylation is 1. The van der Waals surface area contributed by atoms with Crippen LogP contribution in [-0.2, 0) is 16.1 Å². The lowest BCUT2D eigenvalue weighted by Gasteiger charge is -2.09. The molecule has 20 heavy (non-hydrogen) atoms. The number of thioether (sulfide) groups is 1. The van der Waals surface area contributed by atoms with Crippen molar-refractivity contribution in [3.63, 3.8) is 0 Å². The van der Waals surface area contributed by atoms with Gasteiger partial charge in [-0.1, -0.05) is 23.9 Å². The number of hydrogen-bond donors (Lipinski definition) is 1. The summed E-state index contributed by atoms with van der Waals surface area (Å²) in [6, 6.07) is 5.81. The van der Waals surface area contributed by atoms with Crippen LogP contribution in [0.5, 0.6) is 0 Å². The zero-order chi connectivity index (χ0) is 14.5. The minimum atomic E-state index is -0.860. The van der Waals surface area contributed by atoms with Crippen molar-refractivity contribution in [2.24, 2.45) is 0 Å². The van der Waals surface area contributed by atoms with Crippen molar-refractivity contribution in [2.45, 2.75) is 25.5 Å². The maximum atomic E-state index is 10.8. The molecule has 0 saturated heterocycles. The predicted octanol–water partition coefficient (Wildman–Crippen LogP) is 2.65. The third-order valence-electron chi connectivity index (χ3n) is 2.71. The number of fused-ring (bicyclic) bond motifs is 1. The molecule has 2 aromatic rings. The van der Waals surface area contributed by atoms with Gasteiger partial charge in [-0.15, -0.1) is 0 Å². The van der Waals surface area contributed by atoms with Crippen molar-refractivity contribution >= 4 is 28.6 Å². The average molecular weight is 292 g/mol. The first-order valence-electron chi connectivity index (χ1n) is 6.30. The number of rotatable bonds is 6. The molecule has 2 rings (SSSR count). The summed E-state index contributed by atoms with van der Waals surface area (Å²) in [5.41, 5.74) is 1.86. The molecule has 0 unspecified atom stereocenters. The molecular formula is C14H16N2O3S. The second-order valence-corrected chi connectivity index (χ2v) is 5.20. The highest BCUT2D eigenvalue weighted by Crippen LogP contribution is 2.28. The van der Waals surface area contributed by atoms with Crippen molar-refractivity contribution in [2.75, 3.05) is 12.4 Å². The number of benzene rings is 1. The second-order valence-electron chi connectivity index (χ2n) is 4.23. The van der Waals surface area contributed by atoms with Gasteiger partial charge in [0.05, 0.1) is 11.3 Å². The summed E-state index contributed by atoms with van der Waals surface area (Å²) < 4.78 is 5.33. The molecule has 0 aliphatic rings. The topological polar surface area (TPSA) is 72.3 Å². The van der Waals surface area contributed by atoms with Gasteiger partial charge in [0.2, 0.25) is 0 Å². The molecular weight excluding hydrogens is 276 g/mol. The lowest BCUT2D eigenvalue weighted by Crippen LogP contribution is -2.04. The summed E-state index contributed by atoms with van der Waals surface area (Å²) in [6.45, 7) is 4.80. The molecule has 0 atom stereocenters. The maximum Gasteiger partial charge on any atom is 0.313 e. The largest absolute Gasteiger partial charge is 0.481 e. The summed E-state index contributed by atoms with van der Waals surface area (Å²) in [5.74, 6) is -0.298. The van der Waals surface area contributed by atoms with Crippen molar-refractivity contribution in [1.29, 1.82) is 0 Å². The minimum absolute atomic E-state index is 0.0193. The van der Waals surface area contributed by atoms with E-state index in [0.29, 0.717) is 24.1 Å². The van der Waals surface area contributed by atoms with Gasteiger partial charge in [0.25, 0.3) is 0 Å². The van der Waals surface area contributed by atoms with Gasteiger partial charge in [0, 0.05) is 12.0 Å². The molecule has 0 amide bonds. The first kappa shape index (κ1) is 14.7. The Labute approximate surface area is 121 Å². The molecule has 1 heterocycles. The van der Waals surface area contributed by atoms with Gasteiger partial charge in [-0.05, 0) is 25.5 Å². The first-order chi connectivity index (χ1) is 9.61. The monoisotopic (exact) mass is 292 g/mol. The fourth-order valence-electron chi connectivity index (χ4n) is 1.85. The Morgan fingerprint density at radius 3 is 2.90 bits per heavy atom. The van der Waals surface area contributed by atoms with Gasteiger partial charge in [-0.25, -0.2) is 9.97 Å². The SMILES string of the molecule is CCOCc1nc(SCC(=O)O)c2c(C)cccc2n1. The summed E-state index contributed by atoms with van der Waals surface area (Å²) in [7, 11) is 0. The van der Waals surface area contributed by atoms with Crippen LogP contribution in [0.25, 0.3) is 10.9 Å². The zero-order valence-corrected chi connectivity index (χ0v) is 12.2. The Bertz CT molecular complexity index is 631. The van der Waals surface area contributed by atoms with Gasteiger partial charge in [0.1, 0.15) is 11.6 Å². The van der Waals surface area contributed by atoms with Gasteiger partial charge in [0.15, 0.2) is 5.82 Å². The number of carboxylic acids is 1. The van der Waals surface area contributed by atoms with E-state index in [1.165, 1.54) is 11.8 Å². The molecule has 0 aliphatic carbocycles. The smallest absolute Gasteiger partial charge is 0.313 e. The molecule has 1 N–H and O–H groups in total. The Morgan fingerprint density at radius 1 is 1.40 bits per heavy atom. The molecule has 0 saturated carbocycles. The van der Waals surface area contributed by atoms with E-state index in [-0.39, 0.29) is 5.75 Å². The van der Waals surface area contributed by atoms with Crippen LogP contribution >= 0.6 is 11.8 Å². The van der Waals surface area contributed by atoms with Crippen molar-refractivity contribution in [1.82, 2.24) is 9.97 Å². The van der Waals surface area contributed by atoms with Crippen LogP contribution in [0.15, 0.2) is 23.2 Å². The number of aromatic nitrogens is 2. The quantitative estimate of drug-likeness (QED) is 0.652. The first-order valence-corrected chi connectivity index (χ1v) is 7.29. The summed E-state index contributed by atoms with van der Waals surface area (Å²) in [6.07, 6.45) is 0. The Balaban J connectivity index is 2.45. The lowest BCUT2D eigenvalue weighted by atomic mass is 10.1. The van der Waals surface area contributed by atoms with E-state index >= 15 is 0 Å². The van der Waals surface area contributed by atoms with Gasteiger partial charge < -0.3 is 9.84 Å². The van der Waals surface area contributed by atoms with Crippen molar-refractivity contribution in [3.8, 4) is 0 Å². The Morgan fingerprint density at radius 2 is 2.20 bits per heavy atom.